The van der Waals surface area contributed by atoms with Crippen molar-refractivity contribution in [3.05, 3.63) is 45.7 Å². The van der Waals surface area contributed by atoms with Crippen LogP contribution in [0.3, 0.4) is 0 Å². The van der Waals surface area contributed by atoms with Crippen molar-refractivity contribution in [2.24, 2.45) is 0 Å². The van der Waals surface area contributed by atoms with Gasteiger partial charge >= 0.3 is 0 Å². The van der Waals surface area contributed by atoms with Crippen LogP contribution in [0.1, 0.15) is 15.6 Å². The summed E-state index contributed by atoms with van der Waals surface area (Å²) in [6.45, 7) is 2.90. The van der Waals surface area contributed by atoms with E-state index in [2.05, 4.69) is 10.3 Å². The SMILES string of the molecule is CNCc1sc(CSc2ccc(F)cc2)nc1C. The van der Waals surface area contributed by atoms with Crippen LogP contribution in [0.2, 0.25) is 0 Å². The zero-order valence-electron chi connectivity index (χ0n) is 10.4. The van der Waals surface area contributed by atoms with Gasteiger partial charge in [0.2, 0.25) is 0 Å². The fourth-order valence-corrected chi connectivity index (χ4v) is 3.52. The van der Waals surface area contributed by atoms with E-state index in [9.17, 15) is 4.39 Å². The molecule has 0 saturated heterocycles. The fraction of sp³-hybridized carbons (Fsp3) is 0.308. The number of nitrogens with zero attached hydrogens (tertiary/aromatic N) is 1. The molecule has 1 heterocycles. The summed E-state index contributed by atoms with van der Waals surface area (Å²) >= 11 is 3.42. The van der Waals surface area contributed by atoms with Crippen molar-refractivity contribution in [3.63, 3.8) is 0 Å². The van der Waals surface area contributed by atoms with E-state index in [1.165, 1.54) is 17.0 Å². The second-order valence-corrected chi connectivity index (χ2v) is 6.11. The second-order valence-electron chi connectivity index (χ2n) is 3.89. The lowest BCUT2D eigenvalue weighted by Gasteiger charge is -1.98. The molecule has 1 aromatic heterocycles. The van der Waals surface area contributed by atoms with Crippen LogP contribution in [0.15, 0.2) is 29.2 Å². The monoisotopic (exact) mass is 282 g/mol. The van der Waals surface area contributed by atoms with Gasteiger partial charge in [-0.15, -0.1) is 23.1 Å². The van der Waals surface area contributed by atoms with Gasteiger partial charge in [-0.25, -0.2) is 9.37 Å². The van der Waals surface area contributed by atoms with Gasteiger partial charge in [-0.05, 0) is 38.2 Å². The van der Waals surface area contributed by atoms with Gasteiger partial charge in [-0.2, -0.15) is 0 Å². The molecule has 0 spiro atoms. The molecule has 0 bridgehead atoms. The van der Waals surface area contributed by atoms with E-state index in [0.29, 0.717) is 0 Å². The number of benzene rings is 1. The third-order valence-electron chi connectivity index (χ3n) is 2.45. The van der Waals surface area contributed by atoms with Gasteiger partial charge in [0, 0.05) is 16.3 Å². The Labute approximate surface area is 115 Å². The molecular formula is C13H15FN2S2. The first kappa shape index (κ1) is 13.5. The van der Waals surface area contributed by atoms with E-state index < -0.39 is 0 Å². The van der Waals surface area contributed by atoms with Crippen molar-refractivity contribution < 1.29 is 4.39 Å². The predicted molar refractivity (Wildman–Crippen MR) is 75.6 cm³/mol. The predicted octanol–water partition coefficient (Wildman–Crippen LogP) is 3.60. The van der Waals surface area contributed by atoms with Crippen LogP contribution >= 0.6 is 23.1 Å². The second kappa shape index (κ2) is 6.31. The van der Waals surface area contributed by atoms with Crippen molar-refractivity contribution >= 4 is 23.1 Å². The van der Waals surface area contributed by atoms with E-state index >= 15 is 0 Å². The number of nitrogens with one attached hydrogen (secondary N) is 1. The number of halogens is 1. The van der Waals surface area contributed by atoms with Crippen molar-refractivity contribution in [2.75, 3.05) is 7.05 Å². The number of rotatable bonds is 5. The summed E-state index contributed by atoms with van der Waals surface area (Å²) in [5.74, 6) is 0.640. The van der Waals surface area contributed by atoms with Gasteiger partial charge in [0.25, 0.3) is 0 Å². The highest BCUT2D eigenvalue weighted by Gasteiger charge is 2.07. The number of aromatic nitrogens is 1. The quantitative estimate of drug-likeness (QED) is 0.848. The minimum atomic E-state index is -0.194. The smallest absolute Gasteiger partial charge is 0.123 e. The number of thioether (sulfide) groups is 1. The van der Waals surface area contributed by atoms with Crippen molar-refractivity contribution in [2.45, 2.75) is 24.1 Å². The lowest BCUT2D eigenvalue weighted by Crippen LogP contribution is -2.04. The molecule has 18 heavy (non-hydrogen) atoms. The summed E-state index contributed by atoms with van der Waals surface area (Å²) in [5, 5.41) is 4.26. The topological polar surface area (TPSA) is 24.9 Å². The molecule has 0 unspecified atom stereocenters. The van der Waals surface area contributed by atoms with Gasteiger partial charge in [-0.3, -0.25) is 0 Å². The van der Waals surface area contributed by atoms with E-state index in [1.807, 2.05) is 14.0 Å². The Balaban J connectivity index is 1.97. The minimum absolute atomic E-state index is 0.194. The summed E-state index contributed by atoms with van der Waals surface area (Å²) in [7, 11) is 1.94. The zero-order valence-corrected chi connectivity index (χ0v) is 12.0. The fourth-order valence-electron chi connectivity index (χ4n) is 1.55. The highest BCUT2D eigenvalue weighted by molar-refractivity contribution is 7.98. The molecule has 0 aliphatic heterocycles. The Morgan fingerprint density at radius 2 is 2.06 bits per heavy atom. The maximum atomic E-state index is 12.8. The molecule has 1 N–H and O–H groups in total. The third-order valence-corrected chi connectivity index (χ3v) is 4.81. The van der Waals surface area contributed by atoms with E-state index in [-0.39, 0.29) is 5.82 Å². The average molecular weight is 282 g/mol. The molecule has 0 radical (unpaired) electrons. The van der Waals surface area contributed by atoms with Gasteiger partial charge in [0.1, 0.15) is 10.8 Å². The van der Waals surface area contributed by atoms with Crippen molar-refractivity contribution in [1.29, 1.82) is 0 Å². The Morgan fingerprint density at radius 1 is 1.33 bits per heavy atom. The summed E-state index contributed by atoms with van der Waals surface area (Å²) in [4.78, 5) is 6.90. The van der Waals surface area contributed by atoms with Gasteiger partial charge in [-0.1, -0.05) is 0 Å². The maximum Gasteiger partial charge on any atom is 0.123 e. The van der Waals surface area contributed by atoms with Crippen LogP contribution in [0.5, 0.6) is 0 Å². The van der Waals surface area contributed by atoms with E-state index in [1.54, 1.807) is 35.2 Å². The molecule has 5 heteroatoms. The van der Waals surface area contributed by atoms with Crippen LogP contribution < -0.4 is 5.32 Å². The zero-order chi connectivity index (χ0) is 13.0. The minimum Gasteiger partial charge on any atom is -0.315 e. The molecule has 0 atom stereocenters. The average Bonchev–Trinajstić information content (AvgIpc) is 2.70. The van der Waals surface area contributed by atoms with Crippen molar-refractivity contribution in [1.82, 2.24) is 10.3 Å². The van der Waals surface area contributed by atoms with Crippen LogP contribution in [-0.4, -0.2) is 12.0 Å². The summed E-state index contributed by atoms with van der Waals surface area (Å²) in [6.07, 6.45) is 0. The first-order valence-corrected chi connectivity index (χ1v) is 7.47. The number of hydrogen-bond donors (Lipinski definition) is 1. The number of aryl methyl sites for hydroxylation is 1. The molecule has 0 saturated carbocycles. The first-order chi connectivity index (χ1) is 8.69. The molecule has 1 aromatic carbocycles. The highest BCUT2D eigenvalue weighted by atomic mass is 32.2. The molecule has 0 aliphatic rings. The van der Waals surface area contributed by atoms with E-state index in [0.717, 1.165) is 27.9 Å². The number of hydrogen-bond acceptors (Lipinski definition) is 4. The van der Waals surface area contributed by atoms with Crippen LogP contribution in [-0.2, 0) is 12.3 Å². The normalized spacial score (nSPS) is 10.8. The standard InChI is InChI=1S/C13H15FN2S2/c1-9-12(7-15-2)18-13(16-9)8-17-11-5-3-10(14)4-6-11/h3-6,15H,7-8H2,1-2H3. The van der Waals surface area contributed by atoms with Gasteiger partial charge < -0.3 is 5.32 Å². The summed E-state index contributed by atoms with van der Waals surface area (Å²) in [5.41, 5.74) is 1.10. The Hall–Kier alpha value is -0.910. The molecule has 2 nitrogen and oxygen atoms in total. The molecule has 96 valence electrons. The Morgan fingerprint density at radius 3 is 2.72 bits per heavy atom. The summed E-state index contributed by atoms with van der Waals surface area (Å²) < 4.78 is 12.8. The lowest BCUT2D eigenvalue weighted by atomic mass is 10.4. The van der Waals surface area contributed by atoms with Gasteiger partial charge in [0.15, 0.2) is 0 Å². The largest absolute Gasteiger partial charge is 0.315 e. The van der Waals surface area contributed by atoms with Gasteiger partial charge in [0.05, 0.1) is 11.4 Å². The van der Waals surface area contributed by atoms with Crippen LogP contribution in [0, 0.1) is 12.7 Å². The number of thiazole rings is 1. The van der Waals surface area contributed by atoms with E-state index in [4.69, 9.17) is 0 Å². The molecule has 0 amide bonds. The van der Waals surface area contributed by atoms with Crippen LogP contribution in [0.4, 0.5) is 4.39 Å². The molecule has 0 fully saturated rings. The first-order valence-electron chi connectivity index (χ1n) is 5.67. The van der Waals surface area contributed by atoms with Crippen molar-refractivity contribution in [3.8, 4) is 0 Å². The summed E-state index contributed by atoms with van der Waals surface area (Å²) in [6, 6.07) is 6.58. The third kappa shape index (κ3) is 3.54. The molecule has 2 rings (SSSR count). The maximum absolute atomic E-state index is 12.8. The molecule has 0 aliphatic carbocycles. The Bertz CT molecular complexity index is 508. The lowest BCUT2D eigenvalue weighted by molar-refractivity contribution is 0.626. The molecular weight excluding hydrogens is 267 g/mol. The van der Waals surface area contributed by atoms with Crippen LogP contribution in [0.25, 0.3) is 0 Å². The Kier molecular flexibility index (Phi) is 4.74. The highest BCUT2D eigenvalue weighted by Crippen LogP contribution is 2.26. The molecule has 2 aromatic rings.